The predicted octanol–water partition coefficient (Wildman–Crippen LogP) is 1.38. The summed E-state index contributed by atoms with van der Waals surface area (Å²) in [6.07, 6.45) is 1.77. The quantitative estimate of drug-likeness (QED) is 0.791. The van der Waals surface area contributed by atoms with E-state index in [9.17, 15) is 4.79 Å². The van der Waals surface area contributed by atoms with Crippen molar-refractivity contribution in [2.45, 2.75) is 25.8 Å². The Kier molecular flexibility index (Phi) is 6.31. The summed E-state index contributed by atoms with van der Waals surface area (Å²) >= 11 is 0. The van der Waals surface area contributed by atoms with E-state index in [-0.39, 0.29) is 29.5 Å². The van der Waals surface area contributed by atoms with Gasteiger partial charge in [0.05, 0.1) is 24.9 Å². The van der Waals surface area contributed by atoms with Crippen LogP contribution in [0.25, 0.3) is 0 Å². The Labute approximate surface area is 159 Å². The van der Waals surface area contributed by atoms with E-state index in [1.165, 1.54) is 0 Å². The van der Waals surface area contributed by atoms with Gasteiger partial charge >= 0.3 is 0 Å². The first-order valence-corrected chi connectivity index (χ1v) is 9.20. The maximum absolute atomic E-state index is 12.7. The Hall–Kier alpha value is -2.58. The number of rotatable bonds is 6. The number of carbonyl (C=O) groups is 1. The number of nitrogen functional groups attached to an aromatic ring is 1. The van der Waals surface area contributed by atoms with Crippen molar-refractivity contribution >= 4 is 11.9 Å². The normalized spacial score (nSPS) is 16.3. The van der Waals surface area contributed by atoms with E-state index in [1.54, 1.807) is 12.3 Å². The zero-order valence-corrected chi connectivity index (χ0v) is 15.8. The summed E-state index contributed by atoms with van der Waals surface area (Å²) in [7, 11) is 0. The molecule has 8 nitrogen and oxygen atoms in total. The highest BCUT2D eigenvalue weighted by molar-refractivity contribution is 5.92. The van der Waals surface area contributed by atoms with Gasteiger partial charge in [-0.3, -0.25) is 14.7 Å². The third-order valence-corrected chi connectivity index (χ3v) is 4.56. The molecule has 1 saturated heterocycles. The molecule has 144 valence electrons. The van der Waals surface area contributed by atoms with Crippen LogP contribution in [0.15, 0.2) is 30.5 Å². The number of pyridine rings is 1. The standard InChI is InChI=1S/C19H26N6O2/c1-13(2)15-11-16(24-19(20)23-15)18(26)22-12-17(14-5-3-4-6-21-14)25-7-9-27-10-8-25/h3-6,11,13,17H,7-10,12H2,1-2H3,(H,22,26)(H2,20,23,24). The van der Waals surface area contributed by atoms with Crippen LogP contribution in [0.5, 0.6) is 0 Å². The lowest BCUT2D eigenvalue weighted by Crippen LogP contribution is -2.44. The van der Waals surface area contributed by atoms with E-state index in [1.807, 2.05) is 32.0 Å². The van der Waals surface area contributed by atoms with Crippen molar-refractivity contribution in [3.8, 4) is 0 Å². The number of nitrogens with two attached hydrogens (primary N) is 1. The van der Waals surface area contributed by atoms with E-state index < -0.39 is 0 Å². The van der Waals surface area contributed by atoms with Crippen molar-refractivity contribution in [3.05, 3.63) is 47.5 Å². The summed E-state index contributed by atoms with van der Waals surface area (Å²) < 4.78 is 5.45. The van der Waals surface area contributed by atoms with Crippen LogP contribution in [-0.2, 0) is 4.74 Å². The van der Waals surface area contributed by atoms with Crippen LogP contribution in [-0.4, -0.2) is 58.6 Å². The Morgan fingerprint density at radius 1 is 1.26 bits per heavy atom. The summed E-state index contributed by atoms with van der Waals surface area (Å²) in [5, 5.41) is 2.98. The van der Waals surface area contributed by atoms with Gasteiger partial charge in [0.25, 0.3) is 5.91 Å². The lowest BCUT2D eigenvalue weighted by molar-refractivity contribution is 0.0153. The number of anilines is 1. The molecule has 3 heterocycles. The van der Waals surface area contributed by atoms with Crippen LogP contribution >= 0.6 is 0 Å². The van der Waals surface area contributed by atoms with Gasteiger partial charge in [0.1, 0.15) is 5.69 Å². The Bertz CT molecular complexity index is 762. The number of amides is 1. The summed E-state index contributed by atoms with van der Waals surface area (Å²) in [6.45, 7) is 7.38. The molecule has 3 rings (SSSR count). The lowest BCUT2D eigenvalue weighted by Gasteiger charge is -2.34. The van der Waals surface area contributed by atoms with Crippen molar-refractivity contribution in [1.82, 2.24) is 25.2 Å². The van der Waals surface area contributed by atoms with E-state index in [0.717, 1.165) is 24.5 Å². The smallest absolute Gasteiger partial charge is 0.270 e. The molecular weight excluding hydrogens is 344 g/mol. The van der Waals surface area contributed by atoms with Gasteiger partial charge in [0.15, 0.2) is 0 Å². The van der Waals surface area contributed by atoms with Gasteiger partial charge in [-0.15, -0.1) is 0 Å². The fourth-order valence-electron chi connectivity index (χ4n) is 3.06. The zero-order valence-electron chi connectivity index (χ0n) is 15.8. The molecule has 3 N–H and O–H groups in total. The molecule has 1 aliphatic heterocycles. The van der Waals surface area contributed by atoms with Crippen LogP contribution < -0.4 is 11.1 Å². The number of ether oxygens (including phenoxy) is 1. The minimum Gasteiger partial charge on any atom is -0.379 e. The Balaban J connectivity index is 1.74. The average Bonchev–Trinajstić information content (AvgIpc) is 2.69. The molecule has 0 saturated carbocycles. The zero-order chi connectivity index (χ0) is 19.2. The number of hydrogen-bond acceptors (Lipinski definition) is 7. The lowest BCUT2D eigenvalue weighted by atomic mass is 10.1. The largest absolute Gasteiger partial charge is 0.379 e. The number of carbonyl (C=O) groups excluding carboxylic acids is 1. The molecule has 1 aliphatic rings. The van der Waals surface area contributed by atoms with Crippen molar-refractivity contribution in [2.24, 2.45) is 0 Å². The number of hydrogen-bond donors (Lipinski definition) is 2. The molecule has 8 heteroatoms. The van der Waals surface area contributed by atoms with Gasteiger partial charge < -0.3 is 15.8 Å². The first-order chi connectivity index (χ1) is 13.0. The SMILES string of the molecule is CC(C)c1cc(C(=O)NCC(c2ccccn2)N2CCOCC2)nc(N)n1. The van der Waals surface area contributed by atoms with Crippen LogP contribution in [0.1, 0.15) is 47.7 Å². The van der Waals surface area contributed by atoms with E-state index in [0.29, 0.717) is 19.8 Å². The van der Waals surface area contributed by atoms with Gasteiger partial charge in [-0.25, -0.2) is 9.97 Å². The Morgan fingerprint density at radius 3 is 2.70 bits per heavy atom. The van der Waals surface area contributed by atoms with Crippen molar-refractivity contribution in [3.63, 3.8) is 0 Å². The molecule has 27 heavy (non-hydrogen) atoms. The third kappa shape index (κ3) is 4.99. The molecule has 0 bridgehead atoms. The molecule has 1 atom stereocenters. The second-order valence-corrected chi connectivity index (χ2v) is 6.82. The van der Waals surface area contributed by atoms with E-state index in [4.69, 9.17) is 10.5 Å². The second-order valence-electron chi connectivity index (χ2n) is 6.82. The highest BCUT2D eigenvalue weighted by Gasteiger charge is 2.24. The molecule has 1 fully saturated rings. The van der Waals surface area contributed by atoms with Gasteiger partial charge in [0, 0.05) is 31.5 Å². The fourth-order valence-corrected chi connectivity index (χ4v) is 3.06. The molecule has 1 unspecified atom stereocenters. The molecule has 2 aromatic heterocycles. The number of aromatic nitrogens is 3. The second kappa shape index (κ2) is 8.88. The molecular formula is C19H26N6O2. The summed E-state index contributed by atoms with van der Waals surface area (Å²) in [5.41, 5.74) is 7.72. The van der Waals surface area contributed by atoms with E-state index >= 15 is 0 Å². The van der Waals surface area contributed by atoms with Crippen LogP contribution in [0.2, 0.25) is 0 Å². The average molecular weight is 370 g/mol. The summed E-state index contributed by atoms with van der Waals surface area (Å²) in [5.74, 6) is 0.0115. The highest BCUT2D eigenvalue weighted by Crippen LogP contribution is 2.19. The topological polar surface area (TPSA) is 106 Å². The van der Waals surface area contributed by atoms with Gasteiger partial charge in [-0.2, -0.15) is 0 Å². The van der Waals surface area contributed by atoms with Crippen LogP contribution in [0.4, 0.5) is 5.95 Å². The molecule has 0 aromatic carbocycles. The fraction of sp³-hybridized carbons (Fsp3) is 0.474. The highest BCUT2D eigenvalue weighted by atomic mass is 16.5. The van der Waals surface area contributed by atoms with Crippen LogP contribution in [0.3, 0.4) is 0 Å². The van der Waals surface area contributed by atoms with Gasteiger partial charge in [0.2, 0.25) is 5.95 Å². The third-order valence-electron chi connectivity index (χ3n) is 4.56. The Morgan fingerprint density at radius 2 is 2.04 bits per heavy atom. The van der Waals surface area contributed by atoms with Gasteiger partial charge in [-0.05, 0) is 24.1 Å². The van der Waals surface area contributed by atoms with Crippen molar-refractivity contribution in [2.75, 3.05) is 38.6 Å². The molecule has 0 spiro atoms. The maximum Gasteiger partial charge on any atom is 0.270 e. The van der Waals surface area contributed by atoms with Gasteiger partial charge in [-0.1, -0.05) is 19.9 Å². The number of nitrogens with one attached hydrogen (secondary N) is 1. The predicted molar refractivity (Wildman–Crippen MR) is 102 cm³/mol. The van der Waals surface area contributed by atoms with Crippen LogP contribution in [0, 0.1) is 0 Å². The minimum atomic E-state index is -0.264. The molecule has 2 aromatic rings. The first kappa shape index (κ1) is 19.2. The maximum atomic E-state index is 12.7. The monoisotopic (exact) mass is 370 g/mol. The summed E-state index contributed by atoms with van der Waals surface area (Å²) in [6, 6.07) is 7.49. The minimum absolute atomic E-state index is 0.0252. The number of nitrogens with zero attached hydrogens (tertiary/aromatic N) is 4. The van der Waals surface area contributed by atoms with Crippen molar-refractivity contribution in [1.29, 1.82) is 0 Å². The number of morpholine rings is 1. The first-order valence-electron chi connectivity index (χ1n) is 9.20. The summed E-state index contributed by atoms with van der Waals surface area (Å²) in [4.78, 5) is 27.7. The van der Waals surface area contributed by atoms with Crippen molar-refractivity contribution < 1.29 is 9.53 Å². The molecule has 0 radical (unpaired) electrons. The van der Waals surface area contributed by atoms with E-state index in [2.05, 4.69) is 25.2 Å². The molecule has 0 aliphatic carbocycles. The molecule has 1 amide bonds.